The molecule has 0 saturated heterocycles. The number of ether oxygens (including phenoxy) is 1. The average Bonchev–Trinajstić information content (AvgIpc) is 2.38. The van der Waals surface area contributed by atoms with Crippen LogP contribution < -0.4 is 10.1 Å². The molecule has 1 aromatic carbocycles. The molecule has 1 aromatic rings. The Kier molecular flexibility index (Phi) is 7.25. The van der Waals surface area contributed by atoms with Crippen molar-refractivity contribution in [3.8, 4) is 5.75 Å². The summed E-state index contributed by atoms with van der Waals surface area (Å²) >= 11 is 7.16. The Morgan fingerprint density at radius 1 is 1.40 bits per heavy atom. The second kappa shape index (κ2) is 8.71. The second-order valence-corrected chi connectivity index (χ2v) is 5.55. The van der Waals surface area contributed by atoms with Gasteiger partial charge in [-0.25, -0.2) is 4.79 Å². The van der Waals surface area contributed by atoms with Crippen LogP contribution in [0.4, 0.5) is 0 Å². The minimum absolute atomic E-state index is 0.304. The summed E-state index contributed by atoms with van der Waals surface area (Å²) in [6, 6.07) is 6.14. The molecular weight excluding hydrogens is 302 g/mol. The number of nitrogens with one attached hydrogen (secondary N) is 1. The molecule has 5 nitrogen and oxygen atoms in total. The maximum absolute atomic E-state index is 10.9. The van der Waals surface area contributed by atoms with E-state index >= 15 is 0 Å². The molecule has 1 atom stereocenters. The molecule has 1 amide bonds. The fourth-order valence-electron chi connectivity index (χ4n) is 1.37. The molecule has 0 fully saturated rings. The molecule has 0 aliphatic heterocycles. The highest BCUT2D eigenvalue weighted by Gasteiger charge is 2.17. The largest absolute Gasteiger partial charge is 0.493 e. The summed E-state index contributed by atoms with van der Waals surface area (Å²) in [5.41, 5.74) is 0. The summed E-state index contributed by atoms with van der Waals surface area (Å²) in [6.45, 7) is 1.75. The van der Waals surface area contributed by atoms with Crippen LogP contribution in [0, 0.1) is 0 Å². The lowest BCUT2D eigenvalue weighted by Gasteiger charge is -2.12. The van der Waals surface area contributed by atoms with Crippen molar-refractivity contribution in [2.45, 2.75) is 13.0 Å². The van der Waals surface area contributed by atoms with Crippen LogP contribution in [-0.2, 0) is 9.59 Å². The number of benzene rings is 1. The highest BCUT2D eigenvalue weighted by molar-refractivity contribution is 7.99. The van der Waals surface area contributed by atoms with E-state index in [0.29, 0.717) is 28.9 Å². The van der Waals surface area contributed by atoms with Crippen LogP contribution in [0.15, 0.2) is 24.3 Å². The Morgan fingerprint density at radius 2 is 2.05 bits per heavy atom. The monoisotopic (exact) mass is 317 g/mol. The first-order chi connectivity index (χ1) is 9.49. The normalized spacial score (nSPS) is 11.7. The van der Waals surface area contributed by atoms with Crippen molar-refractivity contribution in [1.82, 2.24) is 5.32 Å². The molecule has 1 rings (SSSR count). The van der Waals surface area contributed by atoms with E-state index in [4.69, 9.17) is 21.4 Å². The second-order valence-electron chi connectivity index (χ2n) is 3.97. The topological polar surface area (TPSA) is 75.6 Å². The van der Waals surface area contributed by atoms with Gasteiger partial charge in [-0.1, -0.05) is 11.6 Å². The molecule has 0 aliphatic carbocycles. The molecule has 0 saturated carbocycles. The molecule has 0 aliphatic rings. The molecule has 0 heterocycles. The fourth-order valence-corrected chi connectivity index (χ4v) is 2.33. The number of carboxylic acids is 1. The van der Waals surface area contributed by atoms with E-state index in [1.807, 2.05) is 0 Å². The van der Waals surface area contributed by atoms with Gasteiger partial charge in [-0.05, 0) is 24.3 Å². The minimum Gasteiger partial charge on any atom is -0.493 e. The van der Waals surface area contributed by atoms with E-state index in [0.717, 1.165) is 0 Å². The number of amides is 1. The van der Waals surface area contributed by atoms with Crippen molar-refractivity contribution in [2.75, 3.05) is 18.1 Å². The van der Waals surface area contributed by atoms with Crippen LogP contribution >= 0.6 is 23.4 Å². The van der Waals surface area contributed by atoms with Crippen molar-refractivity contribution in [3.63, 3.8) is 0 Å². The first-order valence-electron chi connectivity index (χ1n) is 5.95. The molecule has 110 valence electrons. The van der Waals surface area contributed by atoms with Crippen LogP contribution in [0.25, 0.3) is 0 Å². The van der Waals surface area contributed by atoms with Crippen molar-refractivity contribution in [1.29, 1.82) is 0 Å². The number of carbonyl (C=O) groups excluding carboxylic acids is 1. The van der Waals surface area contributed by atoms with E-state index < -0.39 is 12.0 Å². The third-order valence-electron chi connectivity index (χ3n) is 2.27. The first kappa shape index (κ1) is 16.7. The Hall–Kier alpha value is -1.40. The van der Waals surface area contributed by atoms with Gasteiger partial charge in [0.1, 0.15) is 11.8 Å². The lowest BCUT2D eigenvalue weighted by Crippen LogP contribution is -2.41. The molecule has 20 heavy (non-hydrogen) atoms. The summed E-state index contributed by atoms with van der Waals surface area (Å²) in [7, 11) is 0. The standard InChI is InChI=1S/C13H16ClNO4S/c1-9(16)15-12(13(17)18)8-20-7-6-19-11-4-2-10(14)3-5-11/h2-5,12H,6-8H2,1H3,(H,15,16)(H,17,18). The van der Waals surface area contributed by atoms with Crippen molar-refractivity contribution in [2.24, 2.45) is 0 Å². The predicted octanol–water partition coefficient (Wildman–Crippen LogP) is 2.04. The van der Waals surface area contributed by atoms with E-state index in [1.54, 1.807) is 24.3 Å². The van der Waals surface area contributed by atoms with Crippen LogP contribution in [-0.4, -0.2) is 41.1 Å². The molecule has 0 aromatic heterocycles. The summed E-state index contributed by atoms with van der Waals surface area (Å²) in [6.07, 6.45) is 0. The van der Waals surface area contributed by atoms with E-state index in [2.05, 4.69) is 5.32 Å². The van der Waals surface area contributed by atoms with E-state index in [1.165, 1.54) is 18.7 Å². The molecule has 0 radical (unpaired) electrons. The molecule has 0 bridgehead atoms. The predicted molar refractivity (Wildman–Crippen MR) is 79.5 cm³/mol. The van der Waals surface area contributed by atoms with Gasteiger partial charge < -0.3 is 15.2 Å². The summed E-state index contributed by atoms with van der Waals surface area (Å²) < 4.78 is 5.47. The molecule has 0 spiro atoms. The van der Waals surface area contributed by atoms with E-state index in [-0.39, 0.29) is 5.91 Å². The van der Waals surface area contributed by atoms with Gasteiger partial charge in [-0.2, -0.15) is 11.8 Å². The summed E-state index contributed by atoms with van der Waals surface area (Å²) in [4.78, 5) is 21.7. The number of rotatable bonds is 8. The average molecular weight is 318 g/mol. The number of carboxylic acid groups (broad SMARTS) is 1. The third-order valence-corrected chi connectivity index (χ3v) is 3.55. The summed E-state index contributed by atoms with van der Waals surface area (Å²) in [5.74, 6) is 0.263. The van der Waals surface area contributed by atoms with Gasteiger partial charge >= 0.3 is 5.97 Å². The maximum Gasteiger partial charge on any atom is 0.327 e. The van der Waals surface area contributed by atoms with Crippen molar-refractivity contribution < 1.29 is 19.4 Å². The van der Waals surface area contributed by atoms with Crippen LogP contribution in [0.5, 0.6) is 5.75 Å². The zero-order chi connectivity index (χ0) is 15.0. The van der Waals surface area contributed by atoms with Gasteiger partial charge in [0.25, 0.3) is 0 Å². The molecular formula is C13H16ClNO4S. The third kappa shape index (κ3) is 6.68. The van der Waals surface area contributed by atoms with Gasteiger partial charge in [-0.3, -0.25) is 4.79 Å². The van der Waals surface area contributed by atoms with Crippen molar-refractivity contribution in [3.05, 3.63) is 29.3 Å². The number of aliphatic carboxylic acids is 1. The van der Waals surface area contributed by atoms with Crippen molar-refractivity contribution >= 4 is 35.2 Å². The Balaban J connectivity index is 2.21. The highest BCUT2D eigenvalue weighted by atomic mass is 35.5. The fraction of sp³-hybridized carbons (Fsp3) is 0.385. The minimum atomic E-state index is -1.04. The van der Waals surface area contributed by atoms with Gasteiger partial charge in [0.2, 0.25) is 5.91 Å². The lowest BCUT2D eigenvalue weighted by molar-refractivity contribution is -0.140. The Labute approximate surface area is 126 Å². The van der Waals surface area contributed by atoms with Crippen LogP contribution in [0.3, 0.4) is 0 Å². The summed E-state index contributed by atoms with van der Waals surface area (Å²) in [5, 5.41) is 11.9. The Morgan fingerprint density at radius 3 is 2.60 bits per heavy atom. The van der Waals surface area contributed by atoms with Crippen LogP contribution in [0.2, 0.25) is 5.02 Å². The van der Waals surface area contributed by atoms with Gasteiger partial charge in [0, 0.05) is 23.5 Å². The molecule has 7 heteroatoms. The zero-order valence-corrected chi connectivity index (χ0v) is 12.5. The first-order valence-corrected chi connectivity index (χ1v) is 7.48. The number of thioether (sulfide) groups is 1. The lowest BCUT2D eigenvalue weighted by atomic mass is 10.3. The smallest absolute Gasteiger partial charge is 0.327 e. The van der Waals surface area contributed by atoms with E-state index in [9.17, 15) is 9.59 Å². The van der Waals surface area contributed by atoms with Crippen LogP contribution in [0.1, 0.15) is 6.92 Å². The quantitative estimate of drug-likeness (QED) is 0.718. The molecule has 2 N–H and O–H groups in total. The van der Waals surface area contributed by atoms with Gasteiger partial charge in [0.05, 0.1) is 6.61 Å². The molecule has 1 unspecified atom stereocenters. The number of halogens is 1. The maximum atomic E-state index is 10.9. The Bertz CT molecular complexity index is 452. The number of carbonyl (C=O) groups is 2. The SMILES string of the molecule is CC(=O)NC(CSCCOc1ccc(Cl)cc1)C(=O)O. The number of hydrogen-bond acceptors (Lipinski definition) is 4. The zero-order valence-electron chi connectivity index (χ0n) is 11.0. The van der Waals surface area contributed by atoms with Gasteiger partial charge in [0.15, 0.2) is 0 Å². The highest BCUT2D eigenvalue weighted by Crippen LogP contribution is 2.15. The number of hydrogen-bond donors (Lipinski definition) is 2. The van der Waals surface area contributed by atoms with Gasteiger partial charge in [-0.15, -0.1) is 0 Å².